The van der Waals surface area contributed by atoms with Gasteiger partial charge in [0.05, 0.1) is 5.25 Å². The van der Waals surface area contributed by atoms with Crippen molar-refractivity contribution in [1.29, 1.82) is 0 Å². The first kappa shape index (κ1) is 14.4. The summed E-state index contributed by atoms with van der Waals surface area (Å²) >= 11 is 4.43. The average Bonchev–Trinajstić information content (AvgIpc) is 2.39. The van der Waals surface area contributed by atoms with E-state index in [0.717, 1.165) is 18.5 Å². The molecular formula is C16H23NOS. The molecule has 2 rings (SSSR count). The summed E-state index contributed by atoms with van der Waals surface area (Å²) < 4.78 is 0. The topological polar surface area (TPSA) is 29.1 Å². The lowest BCUT2D eigenvalue weighted by Gasteiger charge is -2.41. The molecule has 1 fully saturated rings. The van der Waals surface area contributed by atoms with E-state index in [-0.39, 0.29) is 11.2 Å². The molecule has 1 aromatic carbocycles. The Balaban J connectivity index is 1.79. The Kier molecular flexibility index (Phi) is 4.92. The molecule has 0 aromatic heterocycles. The monoisotopic (exact) mass is 277 g/mol. The van der Waals surface area contributed by atoms with Gasteiger partial charge in [-0.1, -0.05) is 43.7 Å². The van der Waals surface area contributed by atoms with Crippen molar-refractivity contribution in [3.63, 3.8) is 0 Å². The Morgan fingerprint density at radius 3 is 2.58 bits per heavy atom. The van der Waals surface area contributed by atoms with Crippen molar-refractivity contribution >= 4 is 18.5 Å². The van der Waals surface area contributed by atoms with E-state index in [1.807, 2.05) is 30.3 Å². The highest BCUT2D eigenvalue weighted by atomic mass is 32.1. The van der Waals surface area contributed by atoms with Gasteiger partial charge in [0.2, 0.25) is 5.91 Å². The van der Waals surface area contributed by atoms with Crippen molar-refractivity contribution in [2.75, 3.05) is 6.54 Å². The molecule has 0 spiro atoms. The largest absolute Gasteiger partial charge is 0.355 e. The van der Waals surface area contributed by atoms with Gasteiger partial charge in [-0.3, -0.25) is 4.79 Å². The molecule has 1 atom stereocenters. The molecule has 1 aliphatic carbocycles. The lowest BCUT2D eigenvalue weighted by atomic mass is 9.67. The Morgan fingerprint density at radius 1 is 1.37 bits per heavy atom. The number of carbonyl (C=O) groups excluding carboxylic acids is 1. The zero-order chi connectivity index (χ0) is 13.7. The summed E-state index contributed by atoms with van der Waals surface area (Å²) in [7, 11) is 0. The fourth-order valence-corrected chi connectivity index (χ4v) is 2.96. The van der Waals surface area contributed by atoms with Gasteiger partial charge in [-0.25, -0.2) is 0 Å². The van der Waals surface area contributed by atoms with Gasteiger partial charge in [-0.2, -0.15) is 12.6 Å². The van der Waals surface area contributed by atoms with E-state index >= 15 is 0 Å². The Bertz CT molecular complexity index is 409. The number of rotatable bonds is 6. The van der Waals surface area contributed by atoms with Gasteiger partial charge in [-0.05, 0) is 36.7 Å². The minimum absolute atomic E-state index is 0.0620. The van der Waals surface area contributed by atoms with Crippen LogP contribution < -0.4 is 5.32 Å². The van der Waals surface area contributed by atoms with Crippen molar-refractivity contribution in [3.05, 3.63) is 35.9 Å². The Labute approximate surface area is 121 Å². The lowest BCUT2D eigenvalue weighted by Crippen LogP contribution is -2.44. The zero-order valence-corrected chi connectivity index (χ0v) is 12.5. The number of hydrogen-bond donors (Lipinski definition) is 2. The highest BCUT2D eigenvalue weighted by molar-refractivity contribution is 7.81. The third-order valence-electron chi connectivity index (χ3n) is 4.38. The fraction of sp³-hybridized carbons (Fsp3) is 0.562. The zero-order valence-electron chi connectivity index (χ0n) is 11.6. The van der Waals surface area contributed by atoms with Crippen LogP contribution in [0.25, 0.3) is 0 Å². The average molecular weight is 277 g/mol. The maximum Gasteiger partial charge on any atom is 0.233 e. The van der Waals surface area contributed by atoms with Crippen LogP contribution in [0.3, 0.4) is 0 Å². The lowest BCUT2D eigenvalue weighted by molar-refractivity contribution is -0.121. The summed E-state index contributed by atoms with van der Waals surface area (Å²) in [6, 6.07) is 10.0. The van der Waals surface area contributed by atoms with Crippen LogP contribution >= 0.6 is 12.6 Å². The van der Waals surface area contributed by atoms with Crippen LogP contribution in [-0.2, 0) is 11.2 Å². The standard InChI is InChI=1S/C16H23NOS/c1-2-16(9-6-10-16)12-17-15(18)14(19)11-13-7-4-3-5-8-13/h3-5,7-8,14,19H,2,6,9-12H2,1H3,(H,17,18). The van der Waals surface area contributed by atoms with E-state index in [1.54, 1.807) is 0 Å². The van der Waals surface area contributed by atoms with Gasteiger partial charge in [-0.15, -0.1) is 0 Å². The quantitative estimate of drug-likeness (QED) is 0.768. The van der Waals surface area contributed by atoms with Gasteiger partial charge < -0.3 is 5.32 Å². The van der Waals surface area contributed by atoms with Gasteiger partial charge in [0.15, 0.2) is 0 Å². The van der Waals surface area contributed by atoms with Crippen LogP contribution in [0.5, 0.6) is 0 Å². The first-order chi connectivity index (χ1) is 9.15. The number of amides is 1. The van der Waals surface area contributed by atoms with Crippen molar-refractivity contribution in [2.45, 2.75) is 44.3 Å². The molecule has 0 aliphatic heterocycles. The molecule has 0 saturated heterocycles. The van der Waals surface area contributed by atoms with Crippen LogP contribution in [0.15, 0.2) is 30.3 Å². The molecule has 0 heterocycles. The predicted octanol–water partition coefficient (Wildman–Crippen LogP) is 3.22. The van der Waals surface area contributed by atoms with Gasteiger partial charge >= 0.3 is 0 Å². The maximum atomic E-state index is 12.1. The summed E-state index contributed by atoms with van der Waals surface area (Å²) in [6.07, 6.45) is 5.65. The molecule has 19 heavy (non-hydrogen) atoms. The van der Waals surface area contributed by atoms with Crippen LogP contribution in [0.2, 0.25) is 0 Å². The number of nitrogens with one attached hydrogen (secondary N) is 1. The second kappa shape index (κ2) is 6.47. The summed E-state index contributed by atoms with van der Waals surface area (Å²) in [6.45, 7) is 3.03. The third-order valence-corrected chi connectivity index (χ3v) is 4.79. The van der Waals surface area contributed by atoms with E-state index < -0.39 is 0 Å². The minimum Gasteiger partial charge on any atom is -0.355 e. The summed E-state index contributed by atoms with van der Waals surface area (Å²) in [5, 5.41) is 2.83. The van der Waals surface area contributed by atoms with E-state index in [0.29, 0.717) is 11.8 Å². The first-order valence-corrected chi connectivity index (χ1v) is 7.66. The van der Waals surface area contributed by atoms with Gasteiger partial charge in [0.1, 0.15) is 0 Å². The molecule has 2 nitrogen and oxygen atoms in total. The molecule has 1 aliphatic rings. The highest BCUT2D eigenvalue weighted by Crippen LogP contribution is 2.43. The van der Waals surface area contributed by atoms with Crippen molar-refractivity contribution in [2.24, 2.45) is 5.41 Å². The Hall–Kier alpha value is -0.960. The molecule has 1 aromatic rings. The molecule has 1 unspecified atom stereocenters. The van der Waals surface area contributed by atoms with Crippen molar-refractivity contribution in [1.82, 2.24) is 5.32 Å². The second-order valence-electron chi connectivity index (χ2n) is 5.63. The summed E-state index contributed by atoms with van der Waals surface area (Å²) in [5.41, 5.74) is 1.53. The minimum atomic E-state index is -0.253. The molecule has 1 amide bonds. The molecule has 104 valence electrons. The smallest absolute Gasteiger partial charge is 0.233 e. The SMILES string of the molecule is CCC1(CNC(=O)C(S)Cc2ccccc2)CCC1. The fourth-order valence-electron chi connectivity index (χ4n) is 2.65. The first-order valence-electron chi connectivity index (χ1n) is 7.15. The molecule has 1 saturated carbocycles. The van der Waals surface area contributed by atoms with E-state index in [1.165, 1.54) is 19.3 Å². The highest BCUT2D eigenvalue weighted by Gasteiger charge is 2.35. The Morgan fingerprint density at radius 2 is 2.05 bits per heavy atom. The number of carbonyl (C=O) groups is 1. The number of benzene rings is 1. The molecule has 0 radical (unpaired) electrons. The second-order valence-corrected chi connectivity index (χ2v) is 6.25. The van der Waals surface area contributed by atoms with Crippen molar-refractivity contribution < 1.29 is 4.79 Å². The molecular weight excluding hydrogens is 254 g/mol. The van der Waals surface area contributed by atoms with Crippen LogP contribution in [0, 0.1) is 5.41 Å². The summed E-state index contributed by atoms with van der Waals surface area (Å²) in [5.74, 6) is 0.0620. The van der Waals surface area contributed by atoms with Crippen LogP contribution in [-0.4, -0.2) is 17.7 Å². The van der Waals surface area contributed by atoms with Crippen LogP contribution in [0.1, 0.15) is 38.2 Å². The van der Waals surface area contributed by atoms with E-state index in [2.05, 4.69) is 24.9 Å². The van der Waals surface area contributed by atoms with E-state index in [4.69, 9.17) is 0 Å². The predicted molar refractivity (Wildman–Crippen MR) is 82.5 cm³/mol. The number of hydrogen-bond acceptors (Lipinski definition) is 2. The maximum absolute atomic E-state index is 12.1. The van der Waals surface area contributed by atoms with Crippen LogP contribution in [0.4, 0.5) is 0 Å². The van der Waals surface area contributed by atoms with Crippen molar-refractivity contribution in [3.8, 4) is 0 Å². The third kappa shape index (κ3) is 3.75. The normalized spacial score (nSPS) is 18.4. The molecule has 1 N–H and O–H groups in total. The van der Waals surface area contributed by atoms with E-state index in [9.17, 15) is 4.79 Å². The number of thiol groups is 1. The van der Waals surface area contributed by atoms with Gasteiger partial charge in [0, 0.05) is 6.54 Å². The molecule has 3 heteroatoms. The summed E-state index contributed by atoms with van der Waals surface area (Å²) in [4.78, 5) is 12.1. The molecule has 0 bridgehead atoms. The van der Waals surface area contributed by atoms with Gasteiger partial charge in [0.25, 0.3) is 0 Å².